The van der Waals surface area contributed by atoms with Crippen LogP contribution in [0.5, 0.6) is 0 Å². The van der Waals surface area contributed by atoms with Crippen LogP contribution in [0.15, 0.2) is 11.2 Å². The topological polar surface area (TPSA) is 49.8 Å². The molecule has 1 aromatic heterocycles. The highest BCUT2D eigenvalue weighted by Gasteiger charge is 2.12. The number of aromatic nitrogens is 2. The van der Waals surface area contributed by atoms with E-state index in [0.29, 0.717) is 12.0 Å². The van der Waals surface area contributed by atoms with Crippen LogP contribution in [-0.2, 0) is 0 Å². The van der Waals surface area contributed by atoms with E-state index in [1.807, 2.05) is 19.4 Å². The van der Waals surface area contributed by atoms with E-state index in [0.717, 1.165) is 23.2 Å². The molecule has 0 aromatic carbocycles. The summed E-state index contributed by atoms with van der Waals surface area (Å²) in [5.41, 5.74) is 0. The highest BCUT2D eigenvalue weighted by atomic mass is 32.2. The molecule has 1 heterocycles. The summed E-state index contributed by atoms with van der Waals surface area (Å²) in [5, 5.41) is 7.32. The largest absolute Gasteiger partial charge is 0.373 e. The Morgan fingerprint density at radius 3 is 2.41 bits per heavy atom. The van der Waals surface area contributed by atoms with Gasteiger partial charge < -0.3 is 10.6 Å². The normalized spacial score (nSPS) is 12.6. The first-order valence-electron chi connectivity index (χ1n) is 5.98. The van der Waals surface area contributed by atoms with Crippen molar-refractivity contribution in [2.75, 3.05) is 23.9 Å². The van der Waals surface area contributed by atoms with Crippen molar-refractivity contribution in [2.24, 2.45) is 5.92 Å². The molecular weight excluding hydrogens is 232 g/mol. The van der Waals surface area contributed by atoms with Crippen molar-refractivity contribution in [1.82, 2.24) is 9.97 Å². The van der Waals surface area contributed by atoms with E-state index in [4.69, 9.17) is 0 Å². The minimum absolute atomic E-state index is 0.448. The van der Waals surface area contributed by atoms with Crippen LogP contribution in [0.2, 0.25) is 0 Å². The summed E-state index contributed by atoms with van der Waals surface area (Å²) in [6.45, 7) is 6.63. The highest BCUT2D eigenvalue weighted by Crippen LogP contribution is 2.19. The molecule has 17 heavy (non-hydrogen) atoms. The number of nitrogens with one attached hydrogen (secondary N) is 2. The van der Waals surface area contributed by atoms with Gasteiger partial charge in [-0.2, -0.15) is 0 Å². The number of rotatable bonds is 6. The van der Waals surface area contributed by atoms with Crippen LogP contribution in [-0.4, -0.2) is 29.3 Å². The van der Waals surface area contributed by atoms with Gasteiger partial charge in [0.1, 0.15) is 11.6 Å². The zero-order valence-electron chi connectivity index (χ0n) is 11.2. The van der Waals surface area contributed by atoms with Crippen molar-refractivity contribution in [3.05, 3.63) is 6.07 Å². The van der Waals surface area contributed by atoms with Crippen molar-refractivity contribution >= 4 is 23.4 Å². The highest BCUT2D eigenvalue weighted by molar-refractivity contribution is 7.98. The van der Waals surface area contributed by atoms with Gasteiger partial charge >= 0.3 is 0 Å². The fourth-order valence-corrected chi connectivity index (χ4v) is 2.03. The van der Waals surface area contributed by atoms with Crippen molar-refractivity contribution in [1.29, 1.82) is 0 Å². The summed E-state index contributed by atoms with van der Waals surface area (Å²) in [6, 6.07) is 2.40. The van der Waals surface area contributed by atoms with E-state index < -0.39 is 0 Å². The first-order chi connectivity index (χ1) is 8.10. The molecule has 0 saturated carbocycles. The third-order valence-electron chi connectivity index (χ3n) is 2.72. The first kappa shape index (κ1) is 14.1. The number of hydrogen-bond acceptors (Lipinski definition) is 5. The van der Waals surface area contributed by atoms with Gasteiger partial charge in [0.05, 0.1) is 0 Å². The zero-order valence-corrected chi connectivity index (χ0v) is 12.1. The lowest BCUT2D eigenvalue weighted by Gasteiger charge is -2.21. The Morgan fingerprint density at radius 1 is 1.29 bits per heavy atom. The quantitative estimate of drug-likeness (QED) is 0.603. The standard InChI is InChI=1S/C12H22N4S/c1-6-9(8(2)3)14-11-7-10(13-4)15-12(16-11)17-5/h7-9H,6H2,1-5H3,(H2,13,14,15,16). The van der Waals surface area contributed by atoms with Gasteiger partial charge in [-0.05, 0) is 18.6 Å². The van der Waals surface area contributed by atoms with E-state index in [2.05, 4.69) is 41.4 Å². The van der Waals surface area contributed by atoms with Crippen LogP contribution in [0.1, 0.15) is 27.2 Å². The van der Waals surface area contributed by atoms with Gasteiger partial charge in [0.15, 0.2) is 5.16 Å². The zero-order chi connectivity index (χ0) is 12.8. The molecular formula is C12H22N4S. The molecule has 0 radical (unpaired) electrons. The molecule has 0 aliphatic rings. The summed E-state index contributed by atoms with van der Waals surface area (Å²) < 4.78 is 0. The summed E-state index contributed by atoms with van der Waals surface area (Å²) >= 11 is 1.55. The van der Waals surface area contributed by atoms with Crippen molar-refractivity contribution < 1.29 is 0 Å². The smallest absolute Gasteiger partial charge is 0.191 e. The molecule has 1 aromatic rings. The lowest BCUT2D eigenvalue weighted by molar-refractivity contribution is 0.509. The Labute approximate surface area is 108 Å². The Kier molecular flexibility index (Phi) is 5.55. The lowest BCUT2D eigenvalue weighted by atomic mass is 10.0. The van der Waals surface area contributed by atoms with Gasteiger partial charge in [-0.1, -0.05) is 32.5 Å². The molecule has 0 spiro atoms. The molecule has 1 atom stereocenters. The second-order valence-electron chi connectivity index (χ2n) is 4.28. The second-order valence-corrected chi connectivity index (χ2v) is 5.05. The number of nitrogens with zero attached hydrogens (tertiary/aromatic N) is 2. The maximum atomic E-state index is 4.47. The third kappa shape index (κ3) is 4.07. The molecule has 2 N–H and O–H groups in total. The molecule has 1 rings (SSSR count). The lowest BCUT2D eigenvalue weighted by Crippen LogP contribution is -2.25. The Bertz CT molecular complexity index is 332. The predicted molar refractivity (Wildman–Crippen MR) is 75.9 cm³/mol. The molecule has 0 saturated heterocycles. The molecule has 0 aliphatic heterocycles. The number of anilines is 2. The average molecular weight is 254 g/mol. The predicted octanol–water partition coefficient (Wildman–Crippen LogP) is 3.09. The van der Waals surface area contributed by atoms with Crippen LogP contribution in [0, 0.1) is 5.92 Å². The van der Waals surface area contributed by atoms with Crippen LogP contribution in [0.25, 0.3) is 0 Å². The summed E-state index contributed by atoms with van der Waals surface area (Å²) in [4.78, 5) is 8.82. The van der Waals surface area contributed by atoms with Crippen molar-refractivity contribution in [3.8, 4) is 0 Å². The van der Waals surface area contributed by atoms with Crippen molar-refractivity contribution in [3.63, 3.8) is 0 Å². The van der Waals surface area contributed by atoms with Gasteiger partial charge in [-0.25, -0.2) is 9.97 Å². The minimum Gasteiger partial charge on any atom is -0.373 e. The average Bonchev–Trinajstić information content (AvgIpc) is 2.34. The van der Waals surface area contributed by atoms with Crippen molar-refractivity contribution in [2.45, 2.75) is 38.4 Å². The summed E-state index contributed by atoms with van der Waals surface area (Å²) in [6.07, 6.45) is 3.07. The molecule has 5 heteroatoms. The second kappa shape index (κ2) is 6.69. The van der Waals surface area contributed by atoms with Gasteiger partial charge in [-0.15, -0.1) is 0 Å². The van der Waals surface area contributed by atoms with E-state index in [1.54, 1.807) is 11.8 Å². The minimum atomic E-state index is 0.448. The molecule has 0 aliphatic carbocycles. The molecule has 1 unspecified atom stereocenters. The molecule has 4 nitrogen and oxygen atoms in total. The van der Waals surface area contributed by atoms with E-state index in [9.17, 15) is 0 Å². The molecule has 96 valence electrons. The Balaban J connectivity index is 2.89. The van der Waals surface area contributed by atoms with E-state index in [-0.39, 0.29) is 0 Å². The molecule has 0 bridgehead atoms. The monoisotopic (exact) mass is 254 g/mol. The summed E-state index contributed by atoms with van der Waals surface area (Å²) in [5.74, 6) is 2.34. The Morgan fingerprint density at radius 2 is 1.94 bits per heavy atom. The van der Waals surface area contributed by atoms with Crippen LogP contribution >= 0.6 is 11.8 Å². The fourth-order valence-electron chi connectivity index (χ4n) is 1.65. The molecule has 0 amide bonds. The maximum absolute atomic E-state index is 4.47. The van der Waals surface area contributed by atoms with Gasteiger partial charge in [0, 0.05) is 19.2 Å². The van der Waals surface area contributed by atoms with Crippen LogP contribution in [0.3, 0.4) is 0 Å². The molecule has 0 fully saturated rings. The van der Waals surface area contributed by atoms with Crippen LogP contribution in [0.4, 0.5) is 11.6 Å². The first-order valence-corrected chi connectivity index (χ1v) is 7.20. The van der Waals surface area contributed by atoms with E-state index in [1.165, 1.54) is 0 Å². The number of thioether (sulfide) groups is 1. The maximum Gasteiger partial charge on any atom is 0.191 e. The van der Waals surface area contributed by atoms with E-state index >= 15 is 0 Å². The van der Waals surface area contributed by atoms with Gasteiger partial charge in [0.25, 0.3) is 0 Å². The van der Waals surface area contributed by atoms with Gasteiger partial charge in [0.2, 0.25) is 0 Å². The Hall–Kier alpha value is -0.970. The SMILES string of the molecule is CCC(Nc1cc(NC)nc(SC)n1)C(C)C. The fraction of sp³-hybridized carbons (Fsp3) is 0.667. The summed E-state index contributed by atoms with van der Waals surface area (Å²) in [7, 11) is 1.87. The van der Waals surface area contributed by atoms with Crippen LogP contribution < -0.4 is 10.6 Å². The third-order valence-corrected chi connectivity index (χ3v) is 3.27. The number of hydrogen-bond donors (Lipinski definition) is 2. The van der Waals surface area contributed by atoms with Gasteiger partial charge in [-0.3, -0.25) is 0 Å².